The van der Waals surface area contributed by atoms with E-state index < -0.39 is 24.1 Å². The number of ether oxygens (including phenoxy) is 2. The van der Waals surface area contributed by atoms with Crippen LogP contribution in [0.1, 0.15) is 57.5 Å². The minimum absolute atomic E-state index is 0.0330. The summed E-state index contributed by atoms with van der Waals surface area (Å²) in [7, 11) is 1.54. The van der Waals surface area contributed by atoms with Crippen LogP contribution in [0.3, 0.4) is 0 Å². The number of anilines is 1. The normalized spacial score (nSPS) is 17.2. The first-order valence-electron chi connectivity index (χ1n) is 14.4. The lowest BCUT2D eigenvalue weighted by Gasteiger charge is -2.28. The Morgan fingerprint density at radius 2 is 1.78 bits per heavy atom. The topological polar surface area (TPSA) is 173 Å². The number of carboxylic acid groups (broad SMARTS) is 1. The van der Waals surface area contributed by atoms with Gasteiger partial charge in [0, 0.05) is 19.7 Å². The molecule has 0 saturated heterocycles. The Hall–Kier alpha value is -5.36. The predicted octanol–water partition coefficient (Wildman–Crippen LogP) is 5.41. The summed E-state index contributed by atoms with van der Waals surface area (Å²) in [5, 5.41) is 20.9. The summed E-state index contributed by atoms with van der Waals surface area (Å²) in [6.07, 6.45) is 2.67. The first kappa shape index (κ1) is 31.1. The molecule has 2 amide bonds. The Bertz CT molecular complexity index is 1700. The average molecular weight is 612 g/mol. The lowest BCUT2D eigenvalue weighted by molar-refractivity contribution is -0.134. The summed E-state index contributed by atoms with van der Waals surface area (Å²) < 4.78 is 11.6. The smallest absolute Gasteiger partial charge is 0.335 e. The van der Waals surface area contributed by atoms with Crippen molar-refractivity contribution in [1.82, 2.24) is 4.90 Å². The van der Waals surface area contributed by atoms with Crippen molar-refractivity contribution in [3.8, 4) is 5.75 Å². The number of esters is 1. The number of amides is 2. The largest absolute Gasteiger partial charge is 0.478 e. The van der Waals surface area contributed by atoms with E-state index in [-0.39, 0.29) is 36.1 Å². The van der Waals surface area contributed by atoms with Crippen molar-refractivity contribution >= 4 is 40.8 Å². The first-order valence-corrected chi connectivity index (χ1v) is 14.4. The Balaban J connectivity index is 1.31. The van der Waals surface area contributed by atoms with Gasteiger partial charge in [-0.15, -0.1) is 0 Å². The molecule has 0 saturated carbocycles. The van der Waals surface area contributed by atoms with Crippen LogP contribution in [0, 0.1) is 6.92 Å². The van der Waals surface area contributed by atoms with Gasteiger partial charge in [0.2, 0.25) is 5.91 Å². The van der Waals surface area contributed by atoms with E-state index in [1.165, 1.54) is 19.2 Å². The minimum atomic E-state index is -1.02. The number of nitrogens with zero attached hydrogens (tertiary/aromatic N) is 3. The van der Waals surface area contributed by atoms with Crippen molar-refractivity contribution in [3.05, 3.63) is 94.7 Å². The summed E-state index contributed by atoms with van der Waals surface area (Å²) in [6, 6.07) is 16.4. The third-order valence-electron chi connectivity index (χ3n) is 7.75. The zero-order chi connectivity index (χ0) is 32.1. The van der Waals surface area contributed by atoms with Crippen LogP contribution in [-0.2, 0) is 20.7 Å². The predicted molar refractivity (Wildman–Crippen MR) is 165 cm³/mol. The number of hydrogen-bond donors (Lipinski definition) is 3. The van der Waals surface area contributed by atoms with Crippen LogP contribution in [0.15, 0.2) is 82.7 Å². The molecule has 0 fully saturated rings. The molecule has 45 heavy (non-hydrogen) atoms. The van der Waals surface area contributed by atoms with E-state index in [4.69, 9.17) is 20.3 Å². The number of primary amides is 1. The molecule has 2 heterocycles. The fraction of sp³-hybridized carbons (Fsp3) is 0.273. The maximum absolute atomic E-state index is 13.7. The van der Waals surface area contributed by atoms with E-state index in [2.05, 4.69) is 15.5 Å². The van der Waals surface area contributed by atoms with Crippen LogP contribution < -0.4 is 15.8 Å². The van der Waals surface area contributed by atoms with Crippen LogP contribution in [0.4, 0.5) is 17.1 Å². The molecular weight excluding hydrogens is 578 g/mol. The second-order valence-electron chi connectivity index (χ2n) is 10.8. The maximum Gasteiger partial charge on any atom is 0.335 e. The monoisotopic (exact) mass is 611 g/mol. The van der Waals surface area contributed by atoms with Gasteiger partial charge in [-0.05, 0) is 73.7 Å². The zero-order valence-corrected chi connectivity index (χ0v) is 24.9. The second kappa shape index (κ2) is 13.5. The SMILES string of the molecule is CO[C@H]1Nc2c(ccc(C)c2OC(=O)CCc2ccccc2N=Nc2ccc(C(=O)O)cc2)C(=O)N2C=C(CCC(N)=O)C[C@@H]12. The number of fused-ring (bicyclic) bond motifs is 2. The molecule has 232 valence electrons. The van der Waals surface area contributed by atoms with E-state index in [1.807, 2.05) is 18.2 Å². The Morgan fingerprint density at radius 3 is 2.49 bits per heavy atom. The molecule has 3 aromatic rings. The fourth-order valence-corrected chi connectivity index (χ4v) is 5.36. The number of rotatable bonds is 11. The molecule has 0 radical (unpaired) electrons. The summed E-state index contributed by atoms with van der Waals surface area (Å²) in [4.78, 5) is 50.8. The number of carboxylic acids is 1. The van der Waals surface area contributed by atoms with E-state index in [1.54, 1.807) is 48.4 Å². The highest BCUT2D eigenvalue weighted by Gasteiger charge is 2.41. The van der Waals surface area contributed by atoms with Gasteiger partial charge in [-0.1, -0.05) is 29.8 Å². The highest BCUT2D eigenvalue weighted by molar-refractivity contribution is 6.03. The summed E-state index contributed by atoms with van der Waals surface area (Å²) >= 11 is 0. The van der Waals surface area contributed by atoms with Crippen molar-refractivity contribution in [1.29, 1.82) is 0 Å². The number of methoxy groups -OCH3 is 1. The quantitative estimate of drug-likeness (QED) is 0.147. The molecule has 0 aliphatic carbocycles. The molecule has 12 nitrogen and oxygen atoms in total. The molecular formula is C33H33N5O7. The van der Waals surface area contributed by atoms with Gasteiger partial charge in [0.25, 0.3) is 5.91 Å². The molecule has 0 unspecified atom stereocenters. The number of azo groups is 1. The van der Waals surface area contributed by atoms with Crippen LogP contribution >= 0.6 is 0 Å². The maximum atomic E-state index is 13.7. The summed E-state index contributed by atoms with van der Waals surface area (Å²) in [5.74, 6) is -1.95. The number of aromatic carboxylic acids is 1. The van der Waals surface area contributed by atoms with E-state index in [0.29, 0.717) is 47.5 Å². The molecule has 5 rings (SSSR count). The second-order valence-corrected chi connectivity index (χ2v) is 10.8. The van der Waals surface area contributed by atoms with Gasteiger partial charge >= 0.3 is 11.9 Å². The van der Waals surface area contributed by atoms with Gasteiger partial charge in [-0.3, -0.25) is 14.4 Å². The van der Waals surface area contributed by atoms with Crippen LogP contribution in [0.2, 0.25) is 0 Å². The highest BCUT2D eigenvalue weighted by Crippen LogP contribution is 2.40. The Labute approximate surface area is 259 Å². The summed E-state index contributed by atoms with van der Waals surface area (Å²) in [6.45, 7) is 1.80. The van der Waals surface area contributed by atoms with Crippen LogP contribution in [-0.4, -0.2) is 53.1 Å². The van der Waals surface area contributed by atoms with Crippen LogP contribution in [0.5, 0.6) is 5.75 Å². The van der Waals surface area contributed by atoms with E-state index in [0.717, 1.165) is 11.1 Å². The molecule has 3 aromatic carbocycles. The van der Waals surface area contributed by atoms with Gasteiger partial charge in [0.05, 0.1) is 40.7 Å². The van der Waals surface area contributed by atoms with Crippen molar-refractivity contribution in [2.75, 3.05) is 12.4 Å². The molecule has 12 heteroatoms. The Kier molecular flexibility index (Phi) is 9.33. The standard InChI is InChI=1S/C33H33N5O7/c1-19-7-14-24-29(35-31(44-2)26-17-20(8-15-27(34)39)18-38(26)32(24)41)30(19)45-28(40)16-11-21-5-3-4-6-25(21)37-36-23-12-9-22(10-13-23)33(42)43/h3-7,9-10,12-14,18,26,31,35H,8,11,15-17H2,1-2H3,(H2,34,39)(H,42,43)/t26-,31+/m0/s1. The van der Waals surface area contributed by atoms with Crippen molar-refractivity contribution < 1.29 is 33.8 Å². The third kappa shape index (κ3) is 7.07. The Morgan fingerprint density at radius 1 is 1.02 bits per heavy atom. The molecule has 4 N–H and O–H groups in total. The van der Waals surface area contributed by atoms with E-state index in [9.17, 15) is 19.2 Å². The zero-order valence-electron chi connectivity index (χ0n) is 24.9. The lowest BCUT2D eigenvalue weighted by atomic mass is 10.0. The average Bonchev–Trinajstić information content (AvgIpc) is 3.42. The molecule has 2 atom stereocenters. The number of benzene rings is 3. The van der Waals surface area contributed by atoms with Gasteiger partial charge in [0.1, 0.15) is 6.23 Å². The third-order valence-corrected chi connectivity index (χ3v) is 7.75. The van der Waals surface area contributed by atoms with Gasteiger partial charge in [0.15, 0.2) is 5.75 Å². The van der Waals surface area contributed by atoms with Crippen molar-refractivity contribution in [3.63, 3.8) is 0 Å². The fourth-order valence-electron chi connectivity index (χ4n) is 5.36. The molecule has 0 bridgehead atoms. The summed E-state index contributed by atoms with van der Waals surface area (Å²) in [5.41, 5.74) is 9.61. The molecule has 2 aliphatic heterocycles. The number of nitrogens with one attached hydrogen (secondary N) is 1. The van der Waals surface area contributed by atoms with Gasteiger partial charge in [-0.2, -0.15) is 10.2 Å². The number of aryl methyl sites for hydroxylation is 2. The van der Waals surface area contributed by atoms with Gasteiger partial charge in [-0.25, -0.2) is 4.79 Å². The number of carbonyl (C=O) groups is 4. The lowest BCUT2D eigenvalue weighted by Crippen LogP contribution is -2.43. The van der Waals surface area contributed by atoms with Crippen LogP contribution in [0.25, 0.3) is 0 Å². The molecule has 0 aromatic heterocycles. The van der Waals surface area contributed by atoms with Crippen molar-refractivity contribution in [2.45, 2.75) is 51.3 Å². The molecule has 2 aliphatic rings. The van der Waals surface area contributed by atoms with E-state index >= 15 is 0 Å². The number of nitrogens with two attached hydrogens (primary N) is 1. The first-order chi connectivity index (χ1) is 21.6. The minimum Gasteiger partial charge on any atom is -0.478 e. The highest BCUT2D eigenvalue weighted by atomic mass is 16.5. The van der Waals surface area contributed by atoms with Crippen molar-refractivity contribution in [2.24, 2.45) is 16.0 Å². The molecule has 0 spiro atoms. The van der Waals surface area contributed by atoms with Gasteiger partial charge < -0.3 is 30.5 Å². The number of carbonyl (C=O) groups excluding carboxylic acids is 3. The number of hydrogen-bond acceptors (Lipinski definition) is 9.